The zero-order valence-corrected chi connectivity index (χ0v) is 25.8. The molecule has 1 saturated carbocycles. The molecule has 2 heterocycles. The van der Waals surface area contributed by atoms with E-state index in [4.69, 9.17) is 25.2 Å². The molecule has 3 aromatic rings. The molecule has 13 nitrogen and oxygen atoms in total. The van der Waals surface area contributed by atoms with E-state index in [2.05, 4.69) is 105 Å². The van der Waals surface area contributed by atoms with E-state index >= 15 is 0 Å². The number of carboxylic acid groups (broad SMARTS) is 3. The molecular weight excluding hydrogens is 600 g/mol. The molecule has 5 rings (SSSR count). The summed E-state index contributed by atoms with van der Waals surface area (Å²) in [5, 5.41) is 34.7. The third-order valence-electron chi connectivity index (χ3n) is 8.88. The lowest BCUT2D eigenvalue weighted by Crippen LogP contribution is -2.54. The standard InChI is InChI=1S/C27H32N2O.C6H8O10/c1-4-10-21-19-26(29(2)3,20-11-6-5-7-12-20)16-17-27(21)25-23(15-18-30-27)22-13-8-9-14-24(22)28-25;7-3(16-6(12)13)2(15-5(10)11)1-14-4(8)9/h4-9,11-14,21,28H,1,10,15-19H2,2-3H3;2-3,7H,1H2,(H,8,9)(H,10,11)(H,12,13). The fourth-order valence-corrected chi connectivity index (χ4v) is 6.81. The number of hydrogen-bond acceptors (Lipinski definition) is 9. The SMILES string of the molecule is C=CCC1CC(c2ccccc2)(N(C)C)CCC12OCCc1c2[nH]c2ccccc12.O=C(O)OCC(OC(=O)O)C(O)OC(=O)O. The van der Waals surface area contributed by atoms with Gasteiger partial charge in [-0.1, -0.05) is 54.6 Å². The summed E-state index contributed by atoms with van der Waals surface area (Å²) >= 11 is 0. The lowest BCUT2D eigenvalue weighted by molar-refractivity contribution is -0.154. The molecule has 0 saturated heterocycles. The van der Waals surface area contributed by atoms with Gasteiger partial charge in [0, 0.05) is 16.4 Å². The molecule has 1 aliphatic heterocycles. The van der Waals surface area contributed by atoms with Crippen molar-refractivity contribution in [3.63, 3.8) is 0 Å². The van der Waals surface area contributed by atoms with Crippen LogP contribution in [0, 0.1) is 5.92 Å². The molecule has 1 spiro atoms. The van der Waals surface area contributed by atoms with Crippen LogP contribution in [0.25, 0.3) is 10.9 Å². The van der Waals surface area contributed by atoms with Gasteiger partial charge < -0.3 is 44.4 Å². The number of hydrogen-bond donors (Lipinski definition) is 5. The third-order valence-corrected chi connectivity index (χ3v) is 8.88. The molecule has 46 heavy (non-hydrogen) atoms. The maximum atomic E-state index is 10.1. The fraction of sp³-hybridized carbons (Fsp3) is 0.424. The highest BCUT2D eigenvalue weighted by atomic mass is 16.7. The maximum absolute atomic E-state index is 10.1. The minimum absolute atomic E-state index is 0.0210. The van der Waals surface area contributed by atoms with E-state index in [1.807, 2.05) is 0 Å². The average Bonchev–Trinajstić information content (AvgIpc) is 3.41. The summed E-state index contributed by atoms with van der Waals surface area (Å²) in [6, 6.07) is 19.7. The minimum Gasteiger partial charge on any atom is -0.450 e. The molecule has 0 amide bonds. The third kappa shape index (κ3) is 7.27. The smallest absolute Gasteiger partial charge is 0.450 e. The number of fused-ring (bicyclic) bond motifs is 4. The normalized spacial score (nSPS) is 23.3. The largest absolute Gasteiger partial charge is 0.508 e. The van der Waals surface area contributed by atoms with Gasteiger partial charge in [0.05, 0.1) is 12.3 Å². The Morgan fingerprint density at radius 2 is 1.70 bits per heavy atom. The molecule has 5 N–H and O–H groups in total. The summed E-state index contributed by atoms with van der Waals surface area (Å²) in [5.74, 6) is 0.374. The molecule has 1 aromatic heterocycles. The van der Waals surface area contributed by atoms with E-state index in [-0.39, 0.29) is 11.1 Å². The van der Waals surface area contributed by atoms with Gasteiger partial charge in [0.15, 0.2) is 0 Å². The first-order valence-corrected chi connectivity index (χ1v) is 14.8. The molecule has 0 radical (unpaired) electrons. The molecule has 5 unspecified atom stereocenters. The van der Waals surface area contributed by atoms with Crippen LogP contribution < -0.4 is 0 Å². The predicted molar refractivity (Wildman–Crippen MR) is 166 cm³/mol. The topological polar surface area (TPSA) is 188 Å². The Balaban J connectivity index is 0.000000257. The number of nitrogens with zero attached hydrogens (tertiary/aromatic N) is 1. The number of benzene rings is 2. The number of aliphatic hydroxyl groups is 1. The highest BCUT2D eigenvalue weighted by Gasteiger charge is 2.54. The predicted octanol–water partition coefficient (Wildman–Crippen LogP) is 5.53. The van der Waals surface area contributed by atoms with E-state index in [1.54, 1.807) is 0 Å². The quantitative estimate of drug-likeness (QED) is 0.0853. The number of allylic oxidation sites excluding steroid dienone is 1. The molecule has 1 aliphatic carbocycles. The van der Waals surface area contributed by atoms with Crippen molar-refractivity contribution in [2.24, 2.45) is 5.92 Å². The van der Waals surface area contributed by atoms with Gasteiger partial charge in [-0.25, -0.2) is 14.4 Å². The fourth-order valence-electron chi connectivity index (χ4n) is 6.81. The highest BCUT2D eigenvalue weighted by Crippen LogP contribution is 2.56. The Morgan fingerprint density at radius 1 is 1.02 bits per heavy atom. The van der Waals surface area contributed by atoms with Gasteiger partial charge in [-0.05, 0) is 69.3 Å². The van der Waals surface area contributed by atoms with Gasteiger partial charge in [0.2, 0.25) is 12.4 Å². The molecule has 13 heteroatoms. The van der Waals surface area contributed by atoms with Crippen LogP contribution >= 0.6 is 0 Å². The zero-order valence-electron chi connectivity index (χ0n) is 25.8. The van der Waals surface area contributed by atoms with Crippen molar-refractivity contribution in [1.82, 2.24) is 9.88 Å². The summed E-state index contributed by atoms with van der Waals surface area (Å²) in [7, 11) is 4.46. The second kappa shape index (κ2) is 14.7. The molecule has 2 aliphatic rings. The molecule has 2 aromatic carbocycles. The Bertz CT molecular complexity index is 1520. The minimum atomic E-state index is -2.19. The Kier molecular flexibility index (Phi) is 10.9. The van der Waals surface area contributed by atoms with E-state index in [0.29, 0.717) is 5.92 Å². The average molecular weight is 641 g/mol. The first kappa shape index (κ1) is 34.3. The van der Waals surface area contributed by atoms with Crippen LogP contribution in [0.5, 0.6) is 0 Å². The first-order valence-electron chi connectivity index (χ1n) is 14.8. The highest BCUT2D eigenvalue weighted by molar-refractivity contribution is 5.85. The number of aliphatic hydroxyl groups excluding tert-OH is 1. The first-order chi connectivity index (χ1) is 21.9. The molecule has 0 bridgehead atoms. The number of H-pyrrole nitrogens is 1. The van der Waals surface area contributed by atoms with Gasteiger partial charge in [-0.3, -0.25) is 4.90 Å². The summed E-state index contributed by atoms with van der Waals surface area (Å²) in [6.45, 7) is 4.01. The van der Waals surface area contributed by atoms with Crippen LogP contribution in [-0.2, 0) is 36.5 Å². The molecular formula is C33H40N2O11. The number of ether oxygens (including phenoxy) is 4. The number of aromatic amines is 1. The van der Waals surface area contributed by atoms with E-state index in [9.17, 15) is 14.4 Å². The number of carbonyl (C=O) groups is 3. The number of aromatic nitrogens is 1. The van der Waals surface area contributed by atoms with Crippen molar-refractivity contribution in [3.8, 4) is 0 Å². The van der Waals surface area contributed by atoms with E-state index < -0.39 is 37.5 Å². The molecule has 1 fully saturated rings. The maximum Gasteiger partial charge on any atom is 0.508 e. The molecule has 5 atom stereocenters. The van der Waals surface area contributed by atoms with Crippen LogP contribution in [-0.4, -0.2) is 88.5 Å². The Hall–Kier alpha value is -4.59. The van der Waals surface area contributed by atoms with Crippen molar-refractivity contribution >= 4 is 29.4 Å². The van der Waals surface area contributed by atoms with Crippen LogP contribution in [0.3, 0.4) is 0 Å². The van der Waals surface area contributed by atoms with Gasteiger partial charge >= 0.3 is 18.5 Å². The van der Waals surface area contributed by atoms with Crippen molar-refractivity contribution in [2.75, 3.05) is 27.3 Å². The number of nitrogens with one attached hydrogen (secondary N) is 1. The van der Waals surface area contributed by atoms with Crippen molar-refractivity contribution in [1.29, 1.82) is 0 Å². The van der Waals surface area contributed by atoms with Crippen LogP contribution in [0.15, 0.2) is 67.3 Å². The lowest BCUT2D eigenvalue weighted by Gasteiger charge is -2.55. The van der Waals surface area contributed by atoms with Crippen molar-refractivity contribution in [3.05, 3.63) is 84.1 Å². The van der Waals surface area contributed by atoms with Crippen LogP contribution in [0.1, 0.15) is 42.5 Å². The number of para-hydroxylation sites is 1. The lowest BCUT2D eigenvalue weighted by atomic mass is 9.61. The summed E-state index contributed by atoms with van der Waals surface area (Å²) in [4.78, 5) is 36.3. The summed E-state index contributed by atoms with van der Waals surface area (Å²) < 4.78 is 18.4. The van der Waals surface area contributed by atoms with E-state index in [1.165, 1.54) is 27.7 Å². The Morgan fingerprint density at radius 3 is 2.33 bits per heavy atom. The van der Waals surface area contributed by atoms with E-state index in [0.717, 1.165) is 38.7 Å². The van der Waals surface area contributed by atoms with Gasteiger partial charge in [0.1, 0.15) is 12.2 Å². The van der Waals surface area contributed by atoms with Gasteiger partial charge in [-0.15, -0.1) is 6.58 Å². The number of rotatable bonds is 9. The van der Waals surface area contributed by atoms with Gasteiger partial charge in [0.25, 0.3) is 0 Å². The second-order valence-electron chi connectivity index (χ2n) is 11.5. The van der Waals surface area contributed by atoms with Crippen LogP contribution in [0.4, 0.5) is 14.4 Å². The van der Waals surface area contributed by atoms with Crippen molar-refractivity contribution < 1.29 is 53.8 Å². The Labute approximate surface area is 265 Å². The monoisotopic (exact) mass is 640 g/mol. The summed E-state index contributed by atoms with van der Waals surface area (Å²) in [5.41, 5.74) is 5.19. The second-order valence-corrected chi connectivity index (χ2v) is 11.5. The van der Waals surface area contributed by atoms with Crippen molar-refractivity contribution in [2.45, 2.75) is 55.6 Å². The van der Waals surface area contributed by atoms with Crippen LogP contribution in [0.2, 0.25) is 0 Å². The molecule has 248 valence electrons. The van der Waals surface area contributed by atoms with Gasteiger partial charge in [-0.2, -0.15) is 0 Å². The summed E-state index contributed by atoms with van der Waals surface area (Å²) in [6.07, 6.45) is -2.30. The zero-order chi connectivity index (χ0) is 33.5.